The summed E-state index contributed by atoms with van der Waals surface area (Å²) in [7, 11) is 0. The molecule has 0 atom stereocenters. The van der Waals surface area contributed by atoms with Crippen molar-refractivity contribution in [1.82, 2.24) is 15.0 Å². The molecule has 8 heteroatoms. The van der Waals surface area contributed by atoms with Gasteiger partial charge in [0.05, 0.1) is 30.1 Å². The second-order valence-electron chi connectivity index (χ2n) is 7.17. The molecule has 31 heavy (non-hydrogen) atoms. The molecule has 3 N–H and O–H groups in total. The summed E-state index contributed by atoms with van der Waals surface area (Å²) >= 11 is 0. The number of para-hydroxylation sites is 2. The molecule has 2 aromatic heterocycles. The Hall–Kier alpha value is -3.91. The lowest BCUT2D eigenvalue weighted by Gasteiger charge is -2.30. The molecule has 1 aliphatic rings. The number of fused-ring (bicyclic) bond motifs is 1. The van der Waals surface area contributed by atoms with Crippen molar-refractivity contribution in [3.8, 4) is 11.5 Å². The second-order valence-corrected chi connectivity index (χ2v) is 7.17. The Morgan fingerprint density at radius 1 is 0.968 bits per heavy atom. The highest BCUT2D eigenvalue weighted by Gasteiger charge is 2.15. The van der Waals surface area contributed by atoms with Crippen LogP contribution in [0, 0.1) is 0 Å². The average molecular weight is 414 g/mol. The quantitative estimate of drug-likeness (QED) is 0.506. The van der Waals surface area contributed by atoms with Gasteiger partial charge in [-0.15, -0.1) is 0 Å². The molecular weight excluding hydrogens is 392 g/mol. The van der Waals surface area contributed by atoms with Gasteiger partial charge in [0.1, 0.15) is 17.3 Å². The summed E-state index contributed by atoms with van der Waals surface area (Å²) in [5.41, 5.74) is 8.63. The van der Waals surface area contributed by atoms with Crippen molar-refractivity contribution in [2.75, 3.05) is 42.3 Å². The third kappa shape index (κ3) is 4.34. The number of benzene rings is 2. The number of nitrogens with one attached hydrogen (secondary N) is 1. The van der Waals surface area contributed by atoms with Crippen molar-refractivity contribution in [1.29, 1.82) is 0 Å². The van der Waals surface area contributed by atoms with E-state index in [0.717, 1.165) is 48.6 Å². The topological polar surface area (TPSA) is 98.4 Å². The molecule has 156 valence electrons. The zero-order valence-electron chi connectivity index (χ0n) is 16.9. The number of morpholine rings is 1. The van der Waals surface area contributed by atoms with Crippen LogP contribution in [0.1, 0.15) is 0 Å². The number of pyridine rings is 1. The summed E-state index contributed by atoms with van der Waals surface area (Å²) in [6.07, 6.45) is 3.40. The second kappa shape index (κ2) is 8.45. The van der Waals surface area contributed by atoms with Crippen LogP contribution in [0.4, 0.5) is 23.1 Å². The van der Waals surface area contributed by atoms with Crippen LogP contribution in [0.2, 0.25) is 0 Å². The summed E-state index contributed by atoms with van der Waals surface area (Å²) < 4.78 is 11.3. The maximum Gasteiger partial charge on any atom is 0.227 e. The van der Waals surface area contributed by atoms with Gasteiger partial charge in [0, 0.05) is 36.9 Å². The van der Waals surface area contributed by atoms with Crippen molar-refractivity contribution in [3.63, 3.8) is 0 Å². The van der Waals surface area contributed by atoms with Crippen LogP contribution >= 0.6 is 0 Å². The van der Waals surface area contributed by atoms with Crippen molar-refractivity contribution >= 4 is 34.0 Å². The van der Waals surface area contributed by atoms with E-state index in [-0.39, 0.29) is 0 Å². The number of anilines is 4. The van der Waals surface area contributed by atoms with Gasteiger partial charge in [-0.25, -0.2) is 15.0 Å². The SMILES string of the molecule is Nc1cc(Oc2ccc3nc(Nc4ccccc4N4CCOCC4)ncc3c2)ccn1. The van der Waals surface area contributed by atoms with E-state index in [2.05, 4.69) is 31.2 Å². The van der Waals surface area contributed by atoms with Crippen LogP contribution < -0.4 is 20.7 Å². The number of nitrogen functional groups attached to an aromatic ring is 1. The lowest BCUT2D eigenvalue weighted by molar-refractivity contribution is 0.123. The molecule has 0 saturated carbocycles. The van der Waals surface area contributed by atoms with E-state index in [0.29, 0.717) is 23.3 Å². The Morgan fingerprint density at radius 3 is 2.68 bits per heavy atom. The Balaban J connectivity index is 1.37. The molecule has 0 aliphatic carbocycles. The van der Waals surface area contributed by atoms with Gasteiger partial charge in [-0.2, -0.15) is 0 Å². The molecule has 8 nitrogen and oxygen atoms in total. The van der Waals surface area contributed by atoms with E-state index >= 15 is 0 Å². The molecule has 0 amide bonds. The predicted molar refractivity (Wildman–Crippen MR) is 121 cm³/mol. The Kier molecular flexibility index (Phi) is 5.20. The number of rotatable bonds is 5. The molecule has 3 heterocycles. The minimum absolute atomic E-state index is 0.412. The number of aromatic nitrogens is 3. The highest BCUT2D eigenvalue weighted by molar-refractivity contribution is 5.81. The van der Waals surface area contributed by atoms with Gasteiger partial charge < -0.3 is 25.4 Å². The lowest BCUT2D eigenvalue weighted by atomic mass is 10.2. The number of hydrogen-bond donors (Lipinski definition) is 2. The first-order valence-corrected chi connectivity index (χ1v) is 10.1. The zero-order valence-corrected chi connectivity index (χ0v) is 16.9. The smallest absolute Gasteiger partial charge is 0.227 e. The third-order valence-corrected chi connectivity index (χ3v) is 5.04. The van der Waals surface area contributed by atoms with Crippen LogP contribution in [0.3, 0.4) is 0 Å². The molecule has 0 radical (unpaired) electrons. The third-order valence-electron chi connectivity index (χ3n) is 5.04. The van der Waals surface area contributed by atoms with Crippen LogP contribution in [-0.4, -0.2) is 41.3 Å². The van der Waals surface area contributed by atoms with Gasteiger partial charge in [-0.05, 0) is 36.4 Å². The first-order chi connectivity index (χ1) is 15.2. The molecule has 0 unspecified atom stereocenters. The van der Waals surface area contributed by atoms with Crippen molar-refractivity contribution in [2.45, 2.75) is 0 Å². The van der Waals surface area contributed by atoms with Crippen molar-refractivity contribution in [2.24, 2.45) is 0 Å². The standard InChI is InChI=1S/C23H22N6O2/c24-22-14-18(7-8-25-22)31-17-5-6-19-16(13-17)15-26-23(27-19)28-20-3-1-2-4-21(20)29-9-11-30-12-10-29/h1-8,13-15H,9-12H2,(H2,24,25)(H,26,27,28). The maximum atomic E-state index is 5.87. The summed E-state index contributed by atoms with van der Waals surface area (Å²) in [5, 5.41) is 4.25. The number of hydrogen-bond acceptors (Lipinski definition) is 8. The number of ether oxygens (including phenoxy) is 2. The first kappa shape index (κ1) is 19.1. The van der Waals surface area contributed by atoms with Crippen LogP contribution in [0.15, 0.2) is 67.0 Å². The Morgan fingerprint density at radius 2 is 1.81 bits per heavy atom. The molecule has 1 saturated heterocycles. The summed E-state index contributed by atoms with van der Waals surface area (Å²) in [4.78, 5) is 15.4. The highest BCUT2D eigenvalue weighted by Crippen LogP contribution is 2.30. The zero-order chi connectivity index (χ0) is 21.0. The monoisotopic (exact) mass is 414 g/mol. The summed E-state index contributed by atoms with van der Waals surface area (Å²) in [6, 6.07) is 17.3. The molecule has 2 aromatic carbocycles. The van der Waals surface area contributed by atoms with E-state index < -0.39 is 0 Å². The van der Waals surface area contributed by atoms with E-state index in [1.807, 2.05) is 36.4 Å². The summed E-state index contributed by atoms with van der Waals surface area (Å²) in [6.45, 7) is 3.20. The first-order valence-electron chi connectivity index (χ1n) is 10.1. The minimum Gasteiger partial charge on any atom is -0.457 e. The van der Waals surface area contributed by atoms with Gasteiger partial charge in [0.25, 0.3) is 0 Å². The maximum absolute atomic E-state index is 5.87. The van der Waals surface area contributed by atoms with Gasteiger partial charge >= 0.3 is 0 Å². The lowest BCUT2D eigenvalue weighted by Crippen LogP contribution is -2.36. The van der Waals surface area contributed by atoms with E-state index in [4.69, 9.17) is 15.2 Å². The molecular formula is C23H22N6O2. The van der Waals surface area contributed by atoms with E-state index in [1.165, 1.54) is 0 Å². The molecule has 1 fully saturated rings. The fourth-order valence-corrected chi connectivity index (χ4v) is 3.54. The normalized spacial score (nSPS) is 13.9. The van der Waals surface area contributed by atoms with Gasteiger partial charge in [0.15, 0.2) is 0 Å². The van der Waals surface area contributed by atoms with E-state index in [1.54, 1.807) is 24.5 Å². The van der Waals surface area contributed by atoms with E-state index in [9.17, 15) is 0 Å². The Labute approximate surface area is 179 Å². The van der Waals surface area contributed by atoms with Crippen molar-refractivity contribution in [3.05, 3.63) is 67.0 Å². The molecule has 4 aromatic rings. The molecule has 1 aliphatic heterocycles. The van der Waals surface area contributed by atoms with Crippen LogP contribution in [-0.2, 0) is 4.74 Å². The molecule has 5 rings (SSSR count). The Bertz CT molecular complexity index is 1210. The van der Waals surface area contributed by atoms with Crippen molar-refractivity contribution < 1.29 is 9.47 Å². The van der Waals surface area contributed by atoms with Crippen LogP contribution in [0.5, 0.6) is 11.5 Å². The number of nitrogens with zero attached hydrogens (tertiary/aromatic N) is 4. The fraction of sp³-hybridized carbons (Fsp3) is 0.174. The summed E-state index contributed by atoms with van der Waals surface area (Å²) in [5.74, 6) is 2.27. The van der Waals surface area contributed by atoms with Gasteiger partial charge in [-0.3, -0.25) is 0 Å². The fourth-order valence-electron chi connectivity index (χ4n) is 3.54. The predicted octanol–water partition coefficient (Wildman–Crippen LogP) is 3.98. The molecule has 0 bridgehead atoms. The van der Waals surface area contributed by atoms with Gasteiger partial charge in [0.2, 0.25) is 5.95 Å². The van der Waals surface area contributed by atoms with Gasteiger partial charge in [-0.1, -0.05) is 12.1 Å². The highest BCUT2D eigenvalue weighted by atomic mass is 16.5. The largest absolute Gasteiger partial charge is 0.457 e. The number of nitrogens with two attached hydrogens (primary N) is 1. The molecule has 0 spiro atoms. The average Bonchev–Trinajstić information content (AvgIpc) is 2.80. The van der Waals surface area contributed by atoms with Crippen LogP contribution in [0.25, 0.3) is 10.9 Å². The minimum atomic E-state index is 0.412.